The summed E-state index contributed by atoms with van der Waals surface area (Å²) in [5.74, 6) is 0.724. The monoisotopic (exact) mass is 377 g/mol. The molecular weight excluding hydrogens is 354 g/mol. The molecule has 2 aromatic carbocycles. The minimum Gasteiger partial charge on any atom is -0.380 e. The summed E-state index contributed by atoms with van der Waals surface area (Å²) in [6, 6.07) is 10.9. The van der Waals surface area contributed by atoms with Crippen molar-refractivity contribution in [3.05, 3.63) is 52.6 Å². The van der Waals surface area contributed by atoms with E-state index in [2.05, 4.69) is 33.4 Å². The Morgan fingerprint density at radius 1 is 1.00 bits per heavy atom. The highest BCUT2D eigenvalue weighted by Gasteiger charge is 2.39. The van der Waals surface area contributed by atoms with E-state index >= 15 is 0 Å². The van der Waals surface area contributed by atoms with Gasteiger partial charge in [-0.1, -0.05) is 31.0 Å². The molecule has 6 nitrogen and oxygen atoms in total. The standard InChI is InChI=1S/C22H23N3O3/c26-22(12-27-13-22)18-8-19-21(24-28-23-19)20(9-18)25-10-16-6-5-15(7-17(16)11-25)14-3-1-2-4-14/h5-9,14,26H,1-4,10-13H2. The van der Waals surface area contributed by atoms with Crippen molar-refractivity contribution in [3.63, 3.8) is 0 Å². The van der Waals surface area contributed by atoms with Gasteiger partial charge in [0.25, 0.3) is 0 Å². The van der Waals surface area contributed by atoms with Crippen LogP contribution in [0.1, 0.15) is 53.9 Å². The first-order valence-corrected chi connectivity index (χ1v) is 10.1. The summed E-state index contributed by atoms with van der Waals surface area (Å²) < 4.78 is 10.2. The highest BCUT2D eigenvalue weighted by molar-refractivity contribution is 5.89. The molecule has 6 rings (SSSR count). The maximum Gasteiger partial charge on any atom is 0.158 e. The highest BCUT2D eigenvalue weighted by Crippen LogP contribution is 2.40. The van der Waals surface area contributed by atoms with Gasteiger partial charge in [0.15, 0.2) is 5.52 Å². The Morgan fingerprint density at radius 3 is 2.61 bits per heavy atom. The molecule has 1 aromatic heterocycles. The third-order valence-corrected chi connectivity index (χ3v) is 6.68. The van der Waals surface area contributed by atoms with Gasteiger partial charge in [0, 0.05) is 13.1 Å². The zero-order valence-corrected chi connectivity index (χ0v) is 15.7. The van der Waals surface area contributed by atoms with Crippen molar-refractivity contribution in [3.8, 4) is 0 Å². The minimum atomic E-state index is -0.940. The molecule has 28 heavy (non-hydrogen) atoms. The molecule has 2 fully saturated rings. The van der Waals surface area contributed by atoms with Crippen LogP contribution in [-0.4, -0.2) is 28.6 Å². The molecular formula is C22H23N3O3. The molecule has 1 saturated carbocycles. The molecule has 2 aliphatic heterocycles. The fourth-order valence-corrected chi connectivity index (χ4v) is 4.94. The molecule has 1 saturated heterocycles. The van der Waals surface area contributed by atoms with Crippen LogP contribution >= 0.6 is 0 Å². The molecule has 0 radical (unpaired) electrons. The van der Waals surface area contributed by atoms with Gasteiger partial charge in [-0.15, -0.1) is 0 Å². The predicted molar refractivity (Wildman–Crippen MR) is 104 cm³/mol. The summed E-state index contributed by atoms with van der Waals surface area (Å²) in [6.45, 7) is 2.30. The Labute approximate surface area is 163 Å². The van der Waals surface area contributed by atoms with Crippen LogP contribution in [0.2, 0.25) is 0 Å². The number of anilines is 1. The van der Waals surface area contributed by atoms with Crippen LogP contribution in [0.3, 0.4) is 0 Å². The lowest BCUT2D eigenvalue weighted by atomic mass is 9.91. The van der Waals surface area contributed by atoms with Gasteiger partial charge >= 0.3 is 0 Å². The van der Waals surface area contributed by atoms with Gasteiger partial charge < -0.3 is 14.7 Å². The van der Waals surface area contributed by atoms with Crippen molar-refractivity contribution >= 4 is 16.7 Å². The smallest absolute Gasteiger partial charge is 0.158 e. The molecule has 0 spiro atoms. The van der Waals surface area contributed by atoms with E-state index in [1.165, 1.54) is 42.4 Å². The Hall–Kier alpha value is -2.44. The first-order chi connectivity index (χ1) is 13.7. The van der Waals surface area contributed by atoms with E-state index in [0.29, 0.717) is 18.7 Å². The van der Waals surface area contributed by atoms with Gasteiger partial charge in [-0.3, -0.25) is 0 Å². The van der Waals surface area contributed by atoms with Gasteiger partial charge in [-0.25, -0.2) is 4.63 Å². The lowest BCUT2D eigenvalue weighted by molar-refractivity contribution is -0.184. The normalized spacial score (nSPS) is 21.2. The zero-order chi connectivity index (χ0) is 18.7. The molecule has 0 atom stereocenters. The van der Waals surface area contributed by atoms with Gasteiger partial charge in [-0.05, 0) is 63.5 Å². The molecule has 6 heteroatoms. The fraction of sp³-hybridized carbons (Fsp3) is 0.455. The van der Waals surface area contributed by atoms with Crippen molar-refractivity contribution in [2.24, 2.45) is 0 Å². The lowest BCUT2D eigenvalue weighted by Gasteiger charge is -2.37. The van der Waals surface area contributed by atoms with E-state index in [1.807, 2.05) is 12.1 Å². The quantitative estimate of drug-likeness (QED) is 0.752. The predicted octanol–water partition coefficient (Wildman–Crippen LogP) is 3.62. The van der Waals surface area contributed by atoms with E-state index in [-0.39, 0.29) is 0 Å². The number of aromatic nitrogens is 2. The Bertz CT molecular complexity index is 1050. The summed E-state index contributed by atoms with van der Waals surface area (Å²) in [7, 11) is 0. The van der Waals surface area contributed by atoms with Crippen LogP contribution in [-0.2, 0) is 23.4 Å². The third-order valence-electron chi connectivity index (χ3n) is 6.68. The average Bonchev–Trinajstić information content (AvgIpc) is 3.44. The van der Waals surface area contributed by atoms with Crippen molar-refractivity contribution < 1.29 is 14.5 Å². The zero-order valence-electron chi connectivity index (χ0n) is 15.7. The molecule has 1 aliphatic carbocycles. The number of benzene rings is 2. The average molecular weight is 377 g/mol. The van der Waals surface area contributed by atoms with E-state index < -0.39 is 5.60 Å². The van der Waals surface area contributed by atoms with E-state index in [9.17, 15) is 5.11 Å². The lowest BCUT2D eigenvalue weighted by Crippen LogP contribution is -2.46. The van der Waals surface area contributed by atoms with Crippen LogP contribution in [0.15, 0.2) is 35.0 Å². The van der Waals surface area contributed by atoms with E-state index in [4.69, 9.17) is 9.37 Å². The van der Waals surface area contributed by atoms with Crippen LogP contribution in [0.5, 0.6) is 0 Å². The van der Waals surface area contributed by atoms with E-state index in [1.54, 1.807) is 0 Å². The number of hydrogen-bond acceptors (Lipinski definition) is 6. The number of nitrogens with zero attached hydrogens (tertiary/aromatic N) is 3. The third kappa shape index (κ3) is 2.48. The number of fused-ring (bicyclic) bond motifs is 2. The summed E-state index contributed by atoms with van der Waals surface area (Å²) >= 11 is 0. The molecule has 0 bridgehead atoms. The molecule has 0 amide bonds. The second kappa shape index (κ2) is 6.03. The van der Waals surface area contributed by atoms with E-state index in [0.717, 1.165) is 35.8 Å². The molecule has 144 valence electrons. The summed E-state index contributed by atoms with van der Waals surface area (Å²) in [5, 5.41) is 18.9. The SMILES string of the molecule is OC1(c2cc(N3Cc4ccc(C5CCCC5)cc4C3)c3nonc3c2)COC1. The Morgan fingerprint density at radius 2 is 1.82 bits per heavy atom. The van der Waals surface area contributed by atoms with Crippen molar-refractivity contribution in [2.45, 2.75) is 50.3 Å². The Balaban J connectivity index is 1.36. The molecule has 3 aliphatic rings. The number of aliphatic hydroxyl groups is 1. The second-order valence-electron chi connectivity index (χ2n) is 8.52. The number of hydrogen-bond donors (Lipinski definition) is 1. The Kier molecular flexibility index (Phi) is 3.55. The molecule has 3 aromatic rings. The van der Waals surface area contributed by atoms with Crippen LogP contribution in [0, 0.1) is 0 Å². The highest BCUT2D eigenvalue weighted by atomic mass is 16.6. The second-order valence-corrected chi connectivity index (χ2v) is 8.52. The maximum absolute atomic E-state index is 10.8. The van der Waals surface area contributed by atoms with Crippen LogP contribution < -0.4 is 4.90 Å². The first-order valence-electron chi connectivity index (χ1n) is 10.1. The molecule has 0 unspecified atom stereocenters. The van der Waals surface area contributed by atoms with Crippen molar-refractivity contribution in [2.75, 3.05) is 18.1 Å². The largest absolute Gasteiger partial charge is 0.380 e. The van der Waals surface area contributed by atoms with Gasteiger partial charge in [0.05, 0.1) is 18.9 Å². The molecule has 3 heterocycles. The minimum absolute atomic E-state index is 0.314. The van der Waals surface area contributed by atoms with Gasteiger partial charge in [0.2, 0.25) is 0 Å². The maximum atomic E-state index is 10.8. The van der Waals surface area contributed by atoms with Crippen LogP contribution in [0.25, 0.3) is 11.0 Å². The first kappa shape index (κ1) is 16.5. The topological polar surface area (TPSA) is 71.6 Å². The number of ether oxygens (including phenoxy) is 1. The summed E-state index contributed by atoms with van der Waals surface area (Å²) in [4.78, 5) is 2.31. The van der Waals surface area contributed by atoms with Crippen molar-refractivity contribution in [1.29, 1.82) is 0 Å². The number of rotatable bonds is 3. The van der Waals surface area contributed by atoms with Crippen LogP contribution in [0.4, 0.5) is 5.69 Å². The van der Waals surface area contributed by atoms with Crippen molar-refractivity contribution in [1.82, 2.24) is 10.3 Å². The van der Waals surface area contributed by atoms with Gasteiger partial charge in [0.1, 0.15) is 11.1 Å². The summed E-state index contributed by atoms with van der Waals surface area (Å²) in [6.07, 6.45) is 5.34. The van der Waals surface area contributed by atoms with Gasteiger partial charge in [-0.2, -0.15) is 0 Å². The molecule has 1 N–H and O–H groups in total. The summed E-state index contributed by atoms with van der Waals surface area (Å²) in [5.41, 5.74) is 6.51. The fourth-order valence-electron chi connectivity index (χ4n) is 4.94.